The predicted molar refractivity (Wildman–Crippen MR) is 168 cm³/mol. The summed E-state index contributed by atoms with van der Waals surface area (Å²) in [6.07, 6.45) is -2.32. The molecule has 15 N–H and O–H groups in total. The number of phenolic OH excluding ortho intramolecular Hbond substituents is 15. The minimum atomic E-state index is -0.818. The smallest absolute Gasteiger partial charge is 0.130 e. The van der Waals surface area contributed by atoms with Crippen molar-refractivity contribution < 1.29 is 76.6 Å². The van der Waals surface area contributed by atoms with Gasteiger partial charge >= 0.3 is 0 Å². The molecule has 0 aromatic heterocycles. The van der Waals surface area contributed by atoms with Crippen LogP contribution in [-0.2, 0) is 25.7 Å². The van der Waals surface area contributed by atoms with E-state index in [4.69, 9.17) is 0 Å². The van der Waals surface area contributed by atoms with Crippen LogP contribution in [-0.4, -0.2) is 76.6 Å². The quantitative estimate of drug-likeness (QED) is 0.111. The van der Waals surface area contributed by atoms with Gasteiger partial charge in [-0.25, -0.2) is 0 Å². The molecule has 0 fully saturated rings. The van der Waals surface area contributed by atoms with E-state index in [1.54, 1.807) is 0 Å². The summed E-state index contributed by atoms with van der Waals surface area (Å²) in [6.45, 7) is 0. The van der Waals surface area contributed by atoms with Crippen molar-refractivity contribution in [2.24, 2.45) is 0 Å². The lowest BCUT2D eigenvalue weighted by atomic mass is 9.91. The largest absolute Gasteiger partial charge is 0.508 e. The molecule has 15 nitrogen and oxygen atoms in total. The monoisotopic (exact) mass is 678 g/mol. The Hall–Kier alpha value is -6.90. The van der Waals surface area contributed by atoms with Gasteiger partial charge in [0.25, 0.3) is 0 Å². The van der Waals surface area contributed by atoms with Crippen LogP contribution >= 0.6 is 0 Å². The lowest BCUT2D eigenvalue weighted by Gasteiger charge is -2.19. The topological polar surface area (TPSA) is 303 Å². The second kappa shape index (κ2) is 12.4. The first-order valence-corrected chi connectivity index (χ1v) is 14.2. The third kappa shape index (κ3) is 6.15. The lowest BCUT2D eigenvalue weighted by Crippen LogP contribution is -2.01. The third-order valence-corrected chi connectivity index (χ3v) is 8.18. The Kier molecular flexibility index (Phi) is 8.45. The highest BCUT2D eigenvalue weighted by atomic mass is 16.3. The van der Waals surface area contributed by atoms with Gasteiger partial charge in [-0.2, -0.15) is 0 Å². The first-order chi connectivity index (χ1) is 23.0. The van der Waals surface area contributed by atoms with E-state index in [9.17, 15) is 76.6 Å². The van der Waals surface area contributed by atoms with Gasteiger partial charge in [0.2, 0.25) is 0 Å². The third-order valence-electron chi connectivity index (χ3n) is 8.18. The Labute approximate surface area is 275 Å². The summed E-state index contributed by atoms with van der Waals surface area (Å²) in [6, 6.07) is 6.09. The van der Waals surface area contributed by atoms with Crippen molar-refractivity contribution in [2.45, 2.75) is 25.7 Å². The molecule has 0 saturated heterocycles. The molecule has 0 atom stereocenters. The van der Waals surface area contributed by atoms with E-state index >= 15 is 0 Å². The second-order valence-corrected chi connectivity index (χ2v) is 11.3. The van der Waals surface area contributed by atoms with Crippen molar-refractivity contribution >= 4 is 0 Å². The molecule has 15 heteroatoms. The van der Waals surface area contributed by atoms with E-state index in [2.05, 4.69) is 0 Å². The first kappa shape index (κ1) is 33.5. The fourth-order valence-electron chi connectivity index (χ4n) is 5.56. The number of phenols is 15. The molecule has 0 spiro atoms. The molecule has 256 valence electrons. The van der Waals surface area contributed by atoms with Gasteiger partial charge in [-0.05, 0) is 0 Å². The van der Waals surface area contributed by atoms with Crippen LogP contribution in [0.1, 0.15) is 44.5 Å². The normalized spacial score (nSPS) is 11.2. The summed E-state index contributed by atoms with van der Waals surface area (Å²) < 4.78 is 0. The number of hydrogen-bond acceptors (Lipinski definition) is 15. The van der Waals surface area contributed by atoms with Gasteiger partial charge in [0, 0.05) is 113 Å². The fraction of sp³-hybridized carbons (Fsp3) is 0.118. The maximum atomic E-state index is 11.2. The summed E-state index contributed by atoms with van der Waals surface area (Å²) in [5.74, 6) is -9.76. The first-order valence-electron chi connectivity index (χ1n) is 14.2. The van der Waals surface area contributed by atoms with E-state index in [0.29, 0.717) is 0 Å². The van der Waals surface area contributed by atoms with Gasteiger partial charge in [-0.15, -0.1) is 0 Å². The number of rotatable bonds is 8. The Morgan fingerprint density at radius 2 is 0.388 bits per heavy atom. The van der Waals surface area contributed by atoms with Gasteiger partial charge in [0.15, 0.2) is 0 Å². The summed E-state index contributed by atoms with van der Waals surface area (Å²) in [5.41, 5.74) is -2.52. The average Bonchev–Trinajstić information content (AvgIpc) is 2.98. The molecule has 0 aliphatic carbocycles. The zero-order valence-electron chi connectivity index (χ0n) is 25.1. The molecule has 0 radical (unpaired) electrons. The Bertz CT molecular complexity index is 1950. The predicted octanol–water partition coefficient (Wildman–Crippen LogP) is 3.63. The highest BCUT2D eigenvalue weighted by Gasteiger charge is 2.27. The molecular weight excluding hydrogens is 648 g/mol. The minimum absolute atomic E-state index is 0.207. The fourth-order valence-corrected chi connectivity index (χ4v) is 5.56. The van der Waals surface area contributed by atoms with Crippen LogP contribution in [0.15, 0.2) is 42.5 Å². The zero-order valence-corrected chi connectivity index (χ0v) is 25.1. The van der Waals surface area contributed by atoms with Crippen molar-refractivity contribution in [1.29, 1.82) is 0 Å². The molecule has 5 aromatic carbocycles. The molecule has 5 rings (SSSR count). The zero-order chi connectivity index (χ0) is 36.1. The van der Waals surface area contributed by atoms with Gasteiger partial charge in [-0.3, -0.25) is 0 Å². The summed E-state index contributed by atoms with van der Waals surface area (Å²) in [5, 5.41) is 157. The van der Waals surface area contributed by atoms with Crippen molar-refractivity contribution in [1.82, 2.24) is 0 Å². The van der Waals surface area contributed by atoms with Crippen LogP contribution in [0.3, 0.4) is 0 Å². The maximum Gasteiger partial charge on any atom is 0.130 e. The van der Waals surface area contributed by atoms with Gasteiger partial charge in [-0.1, -0.05) is 0 Å². The van der Waals surface area contributed by atoms with E-state index in [0.717, 1.165) is 42.5 Å². The lowest BCUT2D eigenvalue weighted by molar-refractivity contribution is 0.403. The van der Waals surface area contributed by atoms with Gasteiger partial charge in [0.05, 0.1) is 0 Å². The van der Waals surface area contributed by atoms with E-state index < -0.39 is 112 Å². The highest BCUT2D eigenvalue weighted by Crippen LogP contribution is 2.48. The molecule has 0 heterocycles. The standard InChI is InChI=1S/C34H30O15/c35-12-1-22(37)14(23(38)2-12)5-16-26(41)9-28(43)18(32(16)47)7-20-30(45)11-31(46)21(34(20)49)8-19-29(44)10-27(42)17(33(19)48)6-15-24(39)3-13(36)4-25(15)40/h1-4,9-11,35-49H,5-8H2. The molecule has 0 aliphatic heterocycles. The molecule has 0 saturated carbocycles. The number of aromatic hydroxyl groups is 15. The average molecular weight is 679 g/mol. The maximum absolute atomic E-state index is 11.2. The van der Waals surface area contributed by atoms with Crippen LogP contribution in [0.25, 0.3) is 0 Å². The van der Waals surface area contributed by atoms with Crippen molar-refractivity contribution in [3.05, 3.63) is 87.0 Å². The SMILES string of the molecule is Oc1cc(O)c(Cc2c(O)cc(O)c(Cc3c(O)cc(O)c(Cc4c(O)cc(O)c(Cc5c(O)cc(O)cc5O)c4O)c3O)c2O)c(O)c1. The summed E-state index contributed by atoms with van der Waals surface area (Å²) in [7, 11) is 0. The van der Waals surface area contributed by atoms with Crippen molar-refractivity contribution in [3.8, 4) is 86.2 Å². The van der Waals surface area contributed by atoms with Gasteiger partial charge < -0.3 is 76.6 Å². The van der Waals surface area contributed by atoms with Crippen molar-refractivity contribution in [2.75, 3.05) is 0 Å². The van der Waals surface area contributed by atoms with Crippen LogP contribution < -0.4 is 0 Å². The molecule has 5 aromatic rings. The van der Waals surface area contributed by atoms with E-state index in [1.807, 2.05) is 0 Å². The molecule has 0 unspecified atom stereocenters. The number of hydrogen-bond donors (Lipinski definition) is 15. The van der Waals surface area contributed by atoms with Crippen LogP contribution in [0.4, 0.5) is 0 Å². The van der Waals surface area contributed by atoms with Gasteiger partial charge in [0.1, 0.15) is 86.2 Å². The Morgan fingerprint density at radius 3 is 0.592 bits per heavy atom. The van der Waals surface area contributed by atoms with E-state index in [1.165, 1.54) is 0 Å². The molecule has 0 aliphatic rings. The minimum Gasteiger partial charge on any atom is -0.508 e. The summed E-state index contributed by atoms with van der Waals surface area (Å²) >= 11 is 0. The summed E-state index contributed by atoms with van der Waals surface area (Å²) in [4.78, 5) is 0. The molecule has 0 amide bonds. The van der Waals surface area contributed by atoms with Crippen LogP contribution in [0.5, 0.6) is 86.2 Å². The van der Waals surface area contributed by atoms with E-state index in [-0.39, 0.29) is 44.5 Å². The highest BCUT2D eigenvalue weighted by molar-refractivity contribution is 5.66. The molecule has 49 heavy (non-hydrogen) atoms. The second-order valence-electron chi connectivity index (χ2n) is 11.3. The molecular formula is C34H30O15. The van der Waals surface area contributed by atoms with Crippen LogP contribution in [0, 0.1) is 0 Å². The number of benzene rings is 5. The Morgan fingerprint density at radius 1 is 0.224 bits per heavy atom. The molecule has 0 bridgehead atoms. The van der Waals surface area contributed by atoms with Crippen molar-refractivity contribution in [3.63, 3.8) is 0 Å². The van der Waals surface area contributed by atoms with Crippen LogP contribution in [0.2, 0.25) is 0 Å². The Balaban J connectivity index is 1.55.